The number of amides is 1. The first kappa shape index (κ1) is 15.1. The molecule has 0 atom stereocenters. The summed E-state index contributed by atoms with van der Waals surface area (Å²) in [7, 11) is 1.67. The van der Waals surface area contributed by atoms with Gasteiger partial charge in [0.1, 0.15) is 11.6 Å². The number of ether oxygens (including phenoxy) is 1. The maximum absolute atomic E-state index is 11.6. The molecule has 0 N–H and O–H groups in total. The van der Waals surface area contributed by atoms with Crippen LogP contribution in [0.2, 0.25) is 0 Å². The van der Waals surface area contributed by atoms with E-state index in [4.69, 9.17) is 16.3 Å². The van der Waals surface area contributed by atoms with E-state index in [9.17, 15) is 4.79 Å². The van der Waals surface area contributed by atoms with E-state index >= 15 is 0 Å². The minimum absolute atomic E-state index is 0.0398. The molecule has 1 heterocycles. The SMILES string of the molecule is COc1ccc(CN2CCCN(C(=O)CCl)CC2)cc1. The molecule has 1 amide bonds. The smallest absolute Gasteiger partial charge is 0.237 e. The van der Waals surface area contributed by atoms with Gasteiger partial charge in [-0.2, -0.15) is 0 Å². The molecule has 1 saturated heterocycles. The van der Waals surface area contributed by atoms with E-state index in [2.05, 4.69) is 17.0 Å². The van der Waals surface area contributed by atoms with Gasteiger partial charge in [-0.1, -0.05) is 12.1 Å². The van der Waals surface area contributed by atoms with Crippen molar-refractivity contribution in [1.82, 2.24) is 9.80 Å². The average Bonchev–Trinajstić information content (AvgIpc) is 2.73. The van der Waals surface area contributed by atoms with Crippen molar-refractivity contribution in [2.24, 2.45) is 0 Å². The molecule has 0 aromatic heterocycles. The van der Waals surface area contributed by atoms with Crippen LogP contribution in [0.1, 0.15) is 12.0 Å². The molecule has 0 aliphatic carbocycles. The number of benzene rings is 1. The molecule has 4 nitrogen and oxygen atoms in total. The first-order chi connectivity index (χ1) is 9.72. The highest BCUT2D eigenvalue weighted by atomic mass is 35.5. The molecule has 20 heavy (non-hydrogen) atoms. The lowest BCUT2D eigenvalue weighted by molar-refractivity contribution is -0.128. The third-order valence-corrected chi connectivity index (χ3v) is 3.85. The number of halogens is 1. The molecule has 2 rings (SSSR count). The van der Waals surface area contributed by atoms with Crippen LogP contribution in [0, 0.1) is 0 Å². The minimum atomic E-state index is 0.0398. The monoisotopic (exact) mass is 296 g/mol. The number of hydrogen-bond acceptors (Lipinski definition) is 3. The largest absolute Gasteiger partial charge is 0.497 e. The van der Waals surface area contributed by atoms with Crippen molar-refractivity contribution in [2.75, 3.05) is 39.2 Å². The Kier molecular flexibility index (Phi) is 5.68. The minimum Gasteiger partial charge on any atom is -0.497 e. The summed E-state index contributed by atoms with van der Waals surface area (Å²) in [6.45, 7) is 4.39. The van der Waals surface area contributed by atoms with Gasteiger partial charge in [-0.15, -0.1) is 11.6 Å². The van der Waals surface area contributed by atoms with E-state index in [0.29, 0.717) is 0 Å². The quantitative estimate of drug-likeness (QED) is 0.797. The Labute approximate surface area is 125 Å². The summed E-state index contributed by atoms with van der Waals surface area (Å²) in [5.74, 6) is 1.000. The van der Waals surface area contributed by atoms with Gasteiger partial charge >= 0.3 is 0 Å². The van der Waals surface area contributed by atoms with Crippen LogP contribution in [0.4, 0.5) is 0 Å². The highest BCUT2D eigenvalue weighted by Gasteiger charge is 2.18. The van der Waals surface area contributed by atoms with Gasteiger partial charge in [-0.3, -0.25) is 9.69 Å². The lowest BCUT2D eigenvalue weighted by Gasteiger charge is -2.21. The molecular formula is C15H21ClN2O2. The van der Waals surface area contributed by atoms with Crippen LogP contribution >= 0.6 is 11.6 Å². The van der Waals surface area contributed by atoms with Crippen molar-refractivity contribution in [2.45, 2.75) is 13.0 Å². The van der Waals surface area contributed by atoms with Gasteiger partial charge in [0, 0.05) is 32.7 Å². The Morgan fingerprint density at radius 2 is 1.95 bits per heavy atom. The number of carbonyl (C=O) groups is 1. The Morgan fingerprint density at radius 3 is 2.60 bits per heavy atom. The van der Waals surface area contributed by atoms with Gasteiger partial charge in [0.25, 0.3) is 0 Å². The second kappa shape index (κ2) is 7.50. The second-order valence-electron chi connectivity index (χ2n) is 4.99. The highest BCUT2D eigenvalue weighted by molar-refractivity contribution is 6.27. The summed E-state index contributed by atoms with van der Waals surface area (Å²) in [4.78, 5) is 15.9. The van der Waals surface area contributed by atoms with E-state index in [1.54, 1.807) is 7.11 Å². The molecule has 1 aromatic carbocycles. The number of hydrogen-bond donors (Lipinski definition) is 0. The fraction of sp³-hybridized carbons (Fsp3) is 0.533. The Balaban J connectivity index is 1.88. The summed E-state index contributed by atoms with van der Waals surface area (Å²) in [5, 5.41) is 0. The molecule has 1 aliphatic heterocycles. The molecule has 0 radical (unpaired) electrons. The molecule has 0 spiro atoms. The van der Waals surface area contributed by atoms with Crippen LogP contribution in [-0.2, 0) is 11.3 Å². The van der Waals surface area contributed by atoms with Crippen molar-refractivity contribution in [3.05, 3.63) is 29.8 Å². The van der Waals surface area contributed by atoms with Crippen molar-refractivity contribution in [1.29, 1.82) is 0 Å². The van der Waals surface area contributed by atoms with Gasteiger partial charge in [0.05, 0.1) is 7.11 Å². The maximum atomic E-state index is 11.6. The van der Waals surface area contributed by atoms with E-state index in [-0.39, 0.29) is 11.8 Å². The topological polar surface area (TPSA) is 32.8 Å². The zero-order valence-corrected chi connectivity index (χ0v) is 12.6. The third-order valence-electron chi connectivity index (χ3n) is 3.62. The average molecular weight is 297 g/mol. The second-order valence-corrected chi connectivity index (χ2v) is 5.26. The van der Waals surface area contributed by atoms with Crippen LogP contribution in [0.15, 0.2) is 24.3 Å². The van der Waals surface area contributed by atoms with Crippen LogP contribution in [0.25, 0.3) is 0 Å². The van der Waals surface area contributed by atoms with E-state index in [1.807, 2.05) is 17.0 Å². The number of carbonyl (C=O) groups excluding carboxylic acids is 1. The van der Waals surface area contributed by atoms with E-state index in [0.717, 1.165) is 44.9 Å². The molecule has 0 saturated carbocycles. The molecule has 110 valence electrons. The molecular weight excluding hydrogens is 276 g/mol. The summed E-state index contributed by atoms with van der Waals surface area (Å²) in [6.07, 6.45) is 0.999. The lowest BCUT2D eigenvalue weighted by Crippen LogP contribution is -2.35. The summed E-state index contributed by atoms with van der Waals surface area (Å²) in [5.41, 5.74) is 1.27. The Hall–Kier alpha value is -1.26. The van der Waals surface area contributed by atoms with Crippen molar-refractivity contribution >= 4 is 17.5 Å². The summed E-state index contributed by atoms with van der Waals surface area (Å²) < 4.78 is 5.16. The molecule has 0 bridgehead atoms. The first-order valence-electron chi connectivity index (χ1n) is 6.92. The predicted molar refractivity (Wildman–Crippen MR) is 80.2 cm³/mol. The number of methoxy groups -OCH3 is 1. The van der Waals surface area contributed by atoms with Crippen molar-refractivity contribution in [3.8, 4) is 5.75 Å². The van der Waals surface area contributed by atoms with Crippen LogP contribution in [0.5, 0.6) is 5.75 Å². The lowest BCUT2D eigenvalue weighted by atomic mass is 10.2. The van der Waals surface area contributed by atoms with E-state index < -0.39 is 0 Å². The Morgan fingerprint density at radius 1 is 1.20 bits per heavy atom. The van der Waals surface area contributed by atoms with Crippen LogP contribution in [-0.4, -0.2) is 54.9 Å². The van der Waals surface area contributed by atoms with Gasteiger partial charge in [0.15, 0.2) is 0 Å². The fourth-order valence-corrected chi connectivity index (χ4v) is 2.62. The number of rotatable bonds is 4. The molecule has 1 aromatic rings. The maximum Gasteiger partial charge on any atom is 0.237 e. The predicted octanol–water partition coefficient (Wildman–Crippen LogP) is 1.97. The van der Waals surface area contributed by atoms with E-state index in [1.165, 1.54) is 5.56 Å². The molecule has 1 aliphatic rings. The van der Waals surface area contributed by atoms with Gasteiger partial charge < -0.3 is 9.64 Å². The standard InChI is InChI=1S/C15H21ClN2O2/c1-20-14-5-3-13(4-6-14)12-17-7-2-8-18(10-9-17)15(19)11-16/h3-6H,2,7-12H2,1H3. The van der Waals surface area contributed by atoms with Gasteiger partial charge in [0.2, 0.25) is 5.91 Å². The zero-order valence-electron chi connectivity index (χ0n) is 11.8. The van der Waals surface area contributed by atoms with Gasteiger partial charge in [-0.05, 0) is 24.1 Å². The molecule has 1 fully saturated rings. The van der Waals surface area contributed by atoms with Gasteiger partial charge in [-0.25, -0.2) is 0 Å². The highest BCUT2D eigenvalue weighted by Crippen LogP contribution is 2.14. The fourth-order valence-electron chi connectivity index (χ4n) is 2.45. The van der Waals surface area contributed by atoms with Crippen LogP contribution in [0.3, 0.4) is 0 Å². The van der Waals surface area contributed by atoms with Crippen molar-refractivity contribution < 1.29 is 9.53 Å². The summed E-state index contributed by atoms with van der Waals surface area (Å²) >= 11 is 5.62. The van der Waals surface area contributed by atoms with Crippen LogP contribution < -0.4 is 4.74 Å². The summed E-state index contributed by atoms with van der Waals surface area (Å²) in [6, 6.07) is 8.14. The number of nitrogens with zero attached hydrogens (tertiary/aromatic N) is 2. The third kappa shape index (κ3) is 4.12. The normalized spacial score (nSPS) is 16.8. The number of alkyl halides is 1. The molecule has 5 heteroatoms. The first-order valence-corrected chi connectivity index (χ1v) is 7.45. The zero-order chi connectivity index (χ0) is 14.4. The Bertz CT molecular complexity index is 436. The molecule has 0 unspecified atom stereocenters. The van der Waals surface area contributed by atoms with Crippen molar-refractivity contribution in [3.63, 3.8) is 0 Å².